The van der Waals surface area contributed by atoms with E-state index in [0.29, 0.717) is 33.5 Å². The first-order valence-corrected chi connectivity index (χ1v) is 7.04. The fraction of sp³-hybridized carbons (Fsp3) is 0.214. The number of nitrogens with two attached hydrogens (primary N) is 1. The predicted molar refractivity (Wildman–Crippen MR) is 80.4 cm³/mol. The van der Waals surface area contributed by atoms with E-state index in [1.165, 1.54) is 6.20 Å². The number of rotatable bonds is 2. The summed E-state index contributed by atoms with van der Waals surface area (Å²) in [6.45, 7) is 0. The molecule has 21 heavy (non-hydrogen) atoms. The monoisotopic (exact) mass is 301 g/mol. The van der Waals surface area contributed by atoms with Crippen molar-refractivity contribution >= 4 is 22.9 Å². The highest BCUT2D eigenvalue weighted by atomic mass is 35.5. The summed E-state index contributed by atoms with van der Waals surface area (Å²) in [4.78, 5) is 18.7. The molecule has 0 saturated heterocycles. The summed E-state index contributed by atoms with van der Waals surface area (Å²) in [6.07, 6.45) is 5.48. The second kappa shape index (κ2) is 4.33. The summed E-state index contributed by atoms with van der Waals surface area (Å²) >= 11 is 6.16. The van der Waals surface area contributed by atoms with Crippen LogP contribution in [0.5, 0.6) is 0 Å². The molecule has 1 saturated carbocycles. The van der Waals surface area contributed by atoms with Crippen molar-refractivity contribution in [1.82, 2.24) is 19.6 Å². The molecule has 106 valence electrons. The molecule has 0 aromatic carbocycles. The number of hydrogen-bond acceptors (Lipinski definition) is 4. The van der Waals surface area contributed by atoms with Crippen molar-refractivity contribution in [3.8, 4) is 11.3 Å². The Morgan fingerprint density at radius 2 is 2.19 bits per heavy atom. The van der Waals surface area contributed by atoms with E-state index in [1.54, 1.807) is 22.8 Å². The van der Waals surface area contributed by atoms with Gasteiger partial charge < -0.3 is 10.7 Å². The van der Waals surface area contributed by atoms with Gasteiger partial charge in [-0.25, -0.2) is 9.50 Å². The average molecular weight is 302 g/mol. The SMILES string of the molecule is Nc1cc(-c2cc3c(=O)[nH]cc(C4CC4)n3n2)c(Cl)cn1. The van der Waals surface area contributed by atoms with Crippen LogP contribution >= 0.6 is 11.6 Å². The predicted octanol–water partition coefficient (Wildman–Crippen LogP) is 2.20. The highest BCUT2D eigenvalue weighted by molar-refractivity contribution is 6.33. The number of H-pyrrole nitrogens is 1. The quantitative estimate of drug-likeness (QED) is 0.759. The van der Waals surface area contributed by atoms with Gasteiger partial charge in [-0.2, -0.15) is 5.10 Å². The van der Waals surface area contributed by atoms with E-state index in [4.69, 9.17) is 17.3 Å². The van der Waals surface area contributed by atoms with Crippen LogP contribution in [0.25, 0.3) is 16.8 Å². The van der Waals surface area contributed by atoms with Gasteiger partial charge in [-0.05, 0) is 25.0 Å². The Hall–Kier alpha value is -2.34. The van der Waals surface area contributed by atoms with E-state index in [0.717, 1.165) is 18.5 Å². The van der Waals surface area contributed by atoms with Crippen LogP contribution in [0.1, 0.15) is 24.5 Å². The largest absolute Gasteiger partial charge is 0.384 e. The van der Waals surface area contributed by atoms with Gasteiger partial charge in [0.15, 0.2) is 0 Å². The van der Waals surface area contributed by atoms with Crippen LogP contribution in [0.2, 0.25) is 5.02 Å². The third-order valence-corrected chi connectivity index (χ3v) is 3.99. The number of anilines is 1. The zero-order valence-corrected chi connectivity index (χ0v) is 11.8. The van der Waals surface area contributed by atoms with Crippen LogP contribution in [0.4, 0.5) is 5.82 Å². The fourth-order valence-corrected chi connectivity index (χ4v) is 2.67. The molecule has 3 N–H and O–H groups in total. The molecule has 4 rings (SSSR count). The van der Waals surface area contributed by atoms with Crippen molar-refractivity contribution in [3.63, 3.8) is 0 Å². The highest BCUT2D eigenvalue weighted by Crippen LogP contribution is 2.39. The molecule has 0 atom stereocenters. The average Bonchev–Trinajstić information content (AvgIpc) is 3.20. The Labute approximate surface area is 124 Å². The molecule has 1 aliphatic rings. The molecule has 7 heteroatoms. The van der Waals surface area contributed by atoms with E-state index in [-0.39, 0.29) is 5.56 Å². The molecule has 0 aliphatic heterocycles. The van der Waals surface area contributed by atoms with Gasteiger partial charge in [0.1, 0.15) is 11.3 Å². The lowest BCUT2D eigenvalue weighted by Gasteiger charge is -2.02. The second-order valence-corrected chi connectivity index (χ2v) is 5.64. The van der Waals surface area contributed by atoms with Gasteiger partial charge in [0, 0.05) is 23.9 Å². The molecule has 3 aromatic rings. The Kier molecular flexibility index (Phi) is 2.56. The minimum absolute atomic E-state index is 0.170. The zero-order chi connectivity index (χ0) is 14.6. The normalized spacial score (nSPS) is 14.7. The van der Waals surface area contributed by atoms with Crippen LogP contribution in [0.15, 0.2) is 29.3 Å². The summed E-state index contributed by atoms with van der Waals surface area (Å²) in [7, 11) is 0. The molecule has 0 unspecified atom stereocenters. The molecule has 3 heterocycles. The maximum Gasteiger partial charge on any atom is 0.274 e. The van der Waals surface area contributed by atoms with Gasteiger partial charge in [0.05, 0.1) is 16.4 Å². The Balaban J connectivity index is 1.98. The van der Waals surface area contributed by atoms with Gasteiger partial charge in [0.2, 0.25) is 0 Å². The molecular formula is C14H12ClN5O. The van der Waals surface area contributed by atoms with Crippen LogP contribution in [-0.2, 0) is 0 Å². The molecule has 0 amide bonds. The molecule has 3 aromatic heterocycles. The fourth-order valence-electron chi connectivity index (χ4n) is 2.47. The van der Waals surface area contributed by atoms with E-state index in [9.17, 15) is 4.79 Å². The smallest absolute Gasteiger partial charge is 0.274 e. The van der Waals surface area contributed by atoms with E-state index in [1.807, 2.05) is 0 Å². The number of nitrogen functional groups attached to an aromatic ring is 1. The van der Waals surface area contributed by atoms with Crippen molar-refractivity contribution in [2.75, 3.05) is 5.73 Å². The summed E-state index contributed by atoms with van der Waals surface area (Å²) in [5.74, 6) is 0.831. The highest BCUT2D eigenvalue weighted by Gasteiger charge is 2.27. The van der Waals surface area contributed by atoms with Crippen molar-refractivity contribution in [1.29, 1.82) is 0 Å². The number of nitrogens with zero attached hydrogens (tertiary/aromatic N) is 3. The maximum absolute atomic E-state index is 12.0. The van der Waals surface area contributed by atoms with Gasteiger partial charge in [-0.1, -0.05) is 11.6 Å². The topological polar surface area (TPSA) is 89.1 Å². The van der Waals surface area contributed by atoms with Crippen molar-refractivity contribution in [2.45, 2.75) is 18.8 Å². The van der Waals surface area contributed by atoms with E-state index in [2.05, 4.69) is 15.1 Å². The summed E-state index contributed by atoms with van der Waals surface area (Å²) in [5.41, 5.74) is 8.36. The van der Waals surface area contributed by atoms with E-state index >= 15 is 0 Å². The molecule has 1 aliphatic carbocycles. The van der Waals surface area contributed by atoms with Crippen LogP contribution < -0.4 is 11.3 Å². The molecular weight excluding hydrogens is 290 g/mol. The summed E-state index contributed by atoms with van der Waals surface area (Å²) in [5, 5.41) is 4.99. The minimum atomic E-state index is -0.170. The number of fused-ring (bicyclic) bond motifs is 1. The Morgan fingerprint density at radius 1 is 1.38 bits per heavy atom. The minimum Gasteiger partial charge on any atom is -0.384 e. The van der Waals surface area contributed by atoms with Crippen LogP contribution in [0.3, 0.4) is 0 Å². The molecule has 1 fully saturated rings. The number of nitrogens with one attached hydrogen (secondary N) is 1. The lowest BCUT2D eigenvalue weighted by molar-refractivity contribution is 0.838. The van der Waals surface area contributed by atoms with Crippen molar-refractivity contribution in [2.24, 2.45) is 0 Å². The van der Waals surface area contributed by atoms with E-state index < -0.39 is 0 Å². The lowest BCUT2D eigenvalue weighted by Crippen LogP contribution is -2.11. The van der Waals surface area contributed by atoms with Gasteiger partial charge in [-0.15, -0.1) is 0 Å². The molecule has 6 nitrogen and oxygen atoms in total. The lowest BCUT2D eigenvalue weighted by atomic mass is 10.2. The Bertz CT molecular complexity index is 909. The van der Waals surface area contributed by atoms with Crippen molar-refractivity contribution in [3.05, 3.63) is 45.6 Å². The number of aromatic amines is 1. The Morgan fingerprint density at radius 3 is 2.95 bits per heavy atom. The molecule has 0 radical (unpaired) electrons. The maximum atomic E-state index is 12.0. The molecule has 0 spiro atoms. The summed E-state index contributed by atoms with van der Waals surface area (Å²) < 4.78 is 1.71. The van der Waals surface area contributed by atoms with Crippen LogP contribution in [-0.4, -0.2) is 19.6 Å². The second-order valence-electron chi connectivity index (χ2n) is 5.23. The number of aromatic nitrogens is 4. The van der Waals surface area contributed by atoms with Crippen LogP contribution in [0, 0.1) is 0 Å². The molecule has 0 bridgehead atoms. The summed E-state index contributed by atoms with van der Waals surface area (Å²) in [6, 6.07) is 3.39. The number of halogens is 1. The first-order chi connectivity index (χ1) is 10.1. The van der Waals surface area contributed by atoms with Gasteiger partial charge >= 0.3 is 0 Å². The first-order valence-electron chi connectivity index (χ1n) is 6.66. The van der Waals surface area contributed by atoms with Gasteiger partial charge in [0.25, 0.3) is 5.56 Å². The zero-order valence-electron chi connectivity index (χ0n) is 11.0. The standard InChI is InChI=1S/C14H12ClN5O/c15-9-5-17-13(16)3-8(9)10-4-11-14(21)18-6-12(7-1-2-7)20(11)19-10/h3-7H,1-2H2,(H2,16,17)(H,18,21). The van der Waals surface area contributed by atoms with Crippen molar-refractivity contribution < 1.29 is 0 Å². The number of pyridine rings is 1. The number of hydrogen-bond donors (Lipinski definition) is 2. The first kappa shape index (κ1) is 12.4. The van der Waals surface area contributed by atoms with Gasteiger partial charge in [-0.3, -0.25) is 4.79 Å². The third kappa shape index (κ3) is 1.99. The third-order valence-electron chi connectivity index (χ3n) is 3.69.